The molecule has 2 aromatic rings. The Kier molecular flexibility index (Phi) is 6.58. The molecule has 1 heterocycles. The van der Waals surface area contributed by atoms with E-state index in [9.17, 15) is 0 Å². The van der Waals surface area contributed by atoms with E-state index in [1.54, 1.807) is 13.4 Å². The predicted molar refractivity (Wildman–Crippen MR) is 101 cm³/mol. The van der Waals surface area contributed by atoms with Crippen molar-refractivity contribution in [2.24, 2.45) is 4.99 Å². The van der Waals surface area contributed by atoms with Crippen LogP contribution in [0.4, 0.5) is 0 Å². The van der Waals surface area contributed by atoms with Gasteiger partial charge >= 0.3 is 0 Å². The van der Waals surface area contributed by atoms with Crippen LogP contribution >= 0.6 is 0 Å². The van der Waals surface area contributed by atoms with E-state index in [0.717, 1.165) is 23.8 Å². The van der Waals surface area contributed by atoms with Crippen LogP contribution in [-0.4, -0.2) is 36.7 Å². The lowest BCUT2D eigenvalue weighted by Crippen LogP contribution is -2.45. The van der Waals surface area contributed by atoms with Crippen LogP contribution in [0.5, 0.6) is 0 Å². The zero-order valence-corrected chi connectivity index (χ0v) is 15.7. The average Bonchev–Trinajstić information content (AvgIpc) is 3.07. The maximum atomic E-state index is 5.57. The Morgan fingerprint density at radius 3 is 2.60 bits per heavy atom. The van der Waals surface area contributed by atoms with Gasteiger partial charge in [-0.05, 0) is 39.8 Å². The number of oxazole rings is 1. The second-order valence-electron chi connectivity index (χ2n) is 6.52. The van der Waals surface area contributed by atoms with Gasteiger partial charge in [-0.2, -0.15) is 0 Å². The van der Waals surface area contributed by atoms with Gasteiger partial charge in [-0.1, -0.05) is 17.7 Å². The number of nitrogens with zero attached hydrogens (tertiary/aromatic N) is 2. The predicted octanol–water partition coefficient (Wildman–Crippen LogP) is 3.13. The number of nitrogens with one attached hydrogen (secondary N) is 2. The minimum absolute atomic E-state index is 0.261. The third-order valence-corrected chi connectivity index (χ3v) is 3.83. The number of benzene rings is 1. The summed E-state index contributed by atoms with van der Waals surface area (Å²) >= 11 is 0. The normalized spacial score (nSPS) is 12.3. The first-order valence-corrected chi connectivity index (χ1v) is 8.52. The molecule has 1 aromatic carbocycles. The minimum atomic E-state index is -0.261. The smallest absolute Gasteiger partial charge is 0.226 e. The van der Waals surface area contributed by atoms with Gasteiger partial charge in [-0.15, -0.1) is 0 Å². The summed E-state index contributed by atoms with van der Waals surface area (Å²) in [4.78, 5) is 9.07. The zero-order chi connectivity index (χ0) is 18.3. The molecule has 0 bridgehead atoms. The molecule has 2 N–H and O–H groups in total. The standard InChI is InChI=1S/C19H28N4O2/c1-6-20-18(22-13-19(3,4)24-5)21-11-16-12-25-17(23-16)15-9-7-14(2)8-10-15/h7-10,12H,6,11,13H2,1-5H3,(H2,20,21,22). The second kappa shape index (κ2) is 8.67. The fraction of sp³-hybridized carbons (Fsp3) is 0.474. The SMILES string of the molecule is CCNC(=NCc1coc(-c2ccc(C)cc2)n1)NCC(C)(C)OC. The van der Waals surface area contributed by atoms with Crippen molar-refractivity contribution in [2.75, 3.05) is 20.2 Å². The number of rotatable bonds is 7. The van der Waals surface area contributed by atoms with Crippen LogP contribution in [-0.2, 0) is 11.3 Å². The molecule has 0 atom stereocenters. The molecule has 0 aliphatic heterocycles. The fourth-order valence-electron chi connectivity index (χ4n) is 2.08. The van der Waals surface area contributed by atoms with Gasteiger partial charge in [0.25, 0.3) is 0 Å². The summed E-state index contributed by atoms with van der Waals surface area (Å²) in [6, 6.07) is 8.10. The highest BCUT2D eigenvalue weighted by Crippen LogP contribution is 2.19. The highest BCUT2D eigenvalue weighted by Gasteiger charge is 2.16. The molecule has 0 aliphatic rings. The molecule has 0 saturated carbocycles. The highest BCUT2D eigenvalue weighted by molar-refractivity contribution is 5.79. The molecule has 0 radical (unpaired) electrons. The first-order chi connectivity index (χ1) is 11.9. The monoisotopic (exact) mass is 344 g/mol. The van der Waals surface area contributed by atoms with Crippen LogP contribution < -0.4 is 10.6 Å². The molecule has 6 nitrogen and oxygen atoms in total. The van der Waals surface area contributed by atoms with Gasteiger partial charge in [0.15, 0.2) is 5.96 Å². The molecule has 0 unspecified atom stereocenters. The molecule has 0 amide bonds. The zero-order valence-electron chi connectivity index (χ0n) is 15.7. The van der Waals surface area contributed by atoms with Crippen molar-refractivity contribution in [3.63, 3.8) is 0 Å². The molecular weight excluding hydrogens is 316 g/mol. The Morgan fingerprint density at radius 1 is 1.24 bits per heavy atom. The van der Waals surface area contributed by atoms with E-state index in [2.05, 4.69) is 27.5 Å². The molecule has 136 valence electrons. The van der Waals surface area contributed by atoms with Crippen LogP contribution in [0, 0.1) is 6.92 Å². The van der Waals surface area contributed by atoms with Crippen LogP contribution in [0.25, 0.3) is 11.5 Å². The van der Waals surface area contributed by atoms with E-state index in [4.69, 9.17) is 9.15 Å². The van der Waals surface area contributed by atoms with Crippen molar-refractivity contribution in [1.29, 1.82) is 0 Å². The summed E-state index contributed by atoms with van der Waals surface area (Å²) in [5, 5.41) is 6.50. The third kappa shape index (κ3) is 5.90. The summed E-state index contributed by atoms with van der Waals surface area (Å²) in [5.74, 6) is 1.34. The number of guanidine groups is 1. The van der Waals surface area contributed by atoms with Crippen LogP contribution in [0.1, 0.15) is 32.0 Å². The van der Waals surface area contributed by atoms with E-state index in [1.807, 2.05) is 45.0 Å². The summed E-state index contributed by atoms with van der Waals surface area (Å²) in [6.07, 6.45) is 1.65. The maximum Gasteiger partial charge on any atom is 0.226 e. The van der Waals surface area contributed by atoms with Gasteiger partial charge < -0.3 is 19.8 Å². The van der Waals surface area contributed by atoms with Crippen LogP contribution in [0.15, 0.2) is 39.9 Å². The van der Waals surface area contributed by atoms with Gasteiger partial charge in [0.1, 0.15) is 12.0 Å². The van der Waals surface area contributed by atoms with Crippen LogP contribution in [0.3, 0.4) is 0 Å². The molecular formula is C19H28N4O2. The van der Waals surface area contributed by atoms with Crippen molar-refractivity contribution in [2.45, 2.75) is 39.8 Å². The quantitative estimate of drug-likeness (QED) is 0.596. The minimum Gasteiger partial charge on any atom is -0.444 e. The van der Waals surface area contributed by atoms with Crippen molar-refractivity contribution < 1.29 is 9.15 Å². The van der Waals surface area contributed by atoms with Gasteiger partial charge in [0.05, 0.1) is 12.1 Å². The number of ether oxygens (including phenoxy) is 1. The number of aliphatic imine (C=N–C) groups is 1. The van der Waals surface area contributed by atoms with E-state index in [-0.39, 0.29) is 5.60 Å². The Bertz CT molecular complexity index is 690. The largest absolute Gasteiger partial charge is 0.444 e. The van der Waals surface area contributed by atoms with E-state index in [0.29, 0.717) is 19.0 Å². The average molecular weight is 344 g/mol. The van der Waals surface area contributed by atoms with E-state index in [1.165, 1.54) is 5.56 Å². The van der Waals surface area contributed by atoms with Gasteiger partial charge in [-0.3, -0.25) is 0 Å². The number of hydrogen-bond acceptors (Lipinski definition) is 4. The number of methoxy groups -OCH3 is 1. The lowest BCUT2D eigenvalue weighted by molar-refractivity contribution is 0.0268. The molecule has 25 heavy (non-hydrogen) atoms. The fourth-order valence-corrected chi connectivity index (χ4v) is 2.08. The molecule has 1 aromatic heterocycles. The molecule has 6 heteroatoms. The Labute approximate surface area is 149 Å². The summed E-state index contributed by atoms with van der Waals surface area (Å²) in [6.45, 7) is 10.0. The van der Waals surface area contributed by atoms with Crippen molar-refractivity contribution in [3.8, 4) is 11.5 Å². The van der Waals surface area contributed by atoms with Crippen molar-refractivity contribution in [1.82, 2.24) is 15.6 Å². The first-order valence-electron chi connectivity index (χ1n) is 8.52. The number of hydrogen-bond donors (Lipinski definition) is 2. The summed E-state index contributed by atoms with van der Waals surface area (Å²) in [5.41, 5.74) is 2.70. The van der Waals surface area contributed by atoms with Crippen molar-refractivity contribution >= 4 is 5.96 Å². The molecule has 0 saturated heterocycles. The summed E-state index contributed by atoms with van der Waals surface area (Å²) < 4.78 is 11.0. The van der Waals surface area contributed by atoms with Crippen molar-refractivity contribution in [3.05, 3.63) is 41.8 Å². The molecule has 0 fully saturated rings. The lowest BCUT2D eigenvalue weighted by Gasteiger charge is -2.24. The van der Waals surface area contributed by atoms with E-state index >= 15 is 0 Å². The van der Waals surface area contributed by atoms with Crippen LogP contribution in [0.2, 0.25) is 0 Å². The van der Waals surface area contributed by atoms with Gasteiger partial charge in [0, 0.05) is 25.8 Å². The molecule has 0 spiro atoms. The third-order valence-electron chi connectivity index (χ3n) is 3.83. The Morgan fingerprint density at radius 2 is 1.96 bits per heavy atom. The maximum absolute atomic E-state index is 5.57. The van der Waals surface area contributed by atoms with Gasteiger partial charge in [0.2, 0.25) is 5.89 Å². The lowest BCUT2D eigenvalue weighted by atomic mass is 10.1. The molecule has 2 rings (SSSR count). The molecule has 0 aliphatic carbocycles. The Balaban J connectivity index is 2.01. The van der Waals surface area contributed by atoms with Gasteiger partial charge in [-0.25, -0.2) is 9.98 Å². The first kappa shape index (κ1) is 19.0. The Hall–Kier alpha value is -2.34. The topological polar surface area (TPSA) is 71.7 Å². The highest BCUT2D eigenvalue weighted by atomic mass is 16.5. The second-order valence-corrected chi connectivity index (χ2v) is 6.52. The number of aromatic nitrogens is 1. The number of aryl methyl sites for hydroxylation is 1. The summed E-state index contributed by atoms with van der Waals surface area (Å²) in [7, 11) is 1.70. The van der Waals surface area contributed by atoms with E-state index < -0.39 is 0 Å².